The number of amides is 1. The minimum absolute atomic E-state index is 0.105. The van der Waals surface area contributed by atoms with E-state index in [2.05, 4.69) is 5.10 Å². The van der Waals surface area contributed by atoms with E-state index >= 15 is 0 Å². The molecule has 0 aliphatic carbocycles. The second-order valence-electron chi connectivity index (χ2n) is 5.49. The maximum Gasteiger partial charge on any atom is 0.342 e. The Kier molecular flexibility index (Phi) is 5.36. The summed E-state index contributed by atoms with van der Waals surface area (Å²) in [6.45, 7) is 3.14. The summed E-state index contributed by atoms with van der Waals surface area (Å²) in [6.07, 6.45) is 7.11. The van der Waals surface area contributed by atoms with Crippen LogP contribution in [0.15, 0.2) is 6.20 Å². The van der Waals surface area contributed by atoms with Gasteiger partial charge in [-0.05, 0) is 19.8 Å². The quantitative estimate of drug-likeness (QED) is 0.795. The zero-order valence-electron chi connectivity index (χ0n) is 12.8. The minimum Gasteiger partial charge on any atom is -0.452 e. The normalized spacial score (nSPS) is 16.2. The molecule has 0 N–H and O–H groups in total. The van der Waals surface area contributed by atoms with Crippen LogP contribution in [0.4, 0.5) is 0 Å². The molecule has 6 heteroatoms. The van der Waals surface area contributed by atoms with E-state index in [1.165, 1.54) is 25.5 Å². The van der Waals surface area contributed by atoms with Crippen LogP contribution in [-0.2, 0) is 16.6 Å². The predicted octanol–water partition coefficient (Wildman–Crippen LogP) is 1.68. The number of hydrogen-bond acceptors (Lipinski definition) is 4. The van der Waals surface area contributed by atoms with Crippen LogP contribution in [0, 0.1) is 6.92 Å². The first kappa shape index (κ1) is 15.5. The lowest BCUT2D eigenvalue weighted by Crippen LogP contribution is -2.37. The number of nitrogens with zero attached hydrogens (tertiary/aromatic N) is 3. The van der Waals surface area contributed by atoms with Crippen LogP contribution in [0.5, 0.6) is 0 Å². The standard InChI is InChI=1S/C15H23N3O3/c1-12-13(10-16-17(12)2)15(20)21-11-14(19)18-8-6-4-3-5-7-9-18/h10H,3-9,11H2,1-2H3. The van der Waals surface area contributed by atoms with E-state index in [-0.39, 0.29) is 12.5 Å². The summed E-state index contributed by atoms with van der Waals surface area (Å²) in [5, 5.41) is 4.00. The highest BCUT2D eigenvalue weighted by molar-refractivity contribution is 5.92. The van der Waals surface area contributed by atoms with Crippen LogP contribution in [-0.4, -0.2) is 46.3 Å². The van der Waals surface area contributed by atoms with Crippen molar-refractivity contribution >= 4 is 11.9 Å². The van der Waals surface area contributed by atoms with Crippen molar-refractivity contribution in [2.45, 2.75) is 39.0 Å². The zero-order chi connectivity index (χ0) is 15.2. The monoisotopic (exact) mass is 293 g/mol. The number of esters is 1. The topological polar surface area (TPSA) is 64.4 Å². The Labute approximate surface area is 125 Å². The molecule has 6 nitrogen and oxygen atoms in total. The highest BCUT2D eigenvalue weighted by atomic mass is 16.5. The van der Waals surface area contributed by atoms with Gasteiger partial charge in [-0.3, -0.25) is 9.48 Å². The van der Waals surface area contributed by atoms with Crippen molar-refractivity contribution in [3.05, 3.63) is 17.5 Å². The van der Waals surface area contributed by atoms with Gasteiger partial charge in [-0.1, -0.05) is 19.3 Å². The Balaban J connectivity index is 1.85. The number of carbonyl (C=O) groups excluding carboxylic acids is 2. The van der Waals surface area contributed by atoms with Gasteiger partial charge in [0.15, 0.2) is 6.61 Å². The van der Waals surface area contributed by atoms with E-state index in [9.17, 15) is 9.59 Å². The fraction of sp³-hybridized carbons (Fsp3) is 0.667. The van der Waals surface area contributed by atoms with Gasteiger partial charge >= 0.3 is 5.97 Å². The zero-order valence-corrected chi connectivity index (χ0v) is 12.8. The summed E-state index contributed by atoms with van der Waals surface area (Å²) in [6, 6.07) is 0. The van der Waals surface area contributed by atoms with E-state index in [0.717, 1.165) is 31.6 Å². The van der Waals surface area contributed by atoms with Crippen molar-refractivity contribution in [2.24, 2.45) is 7.05 Å². The van der Waals surface area contributed by atoms with Gasteiger partial charge in [0.25, 0.3) is 5.91 Å². The van der Waals surface area contributed by atoms with Crippen molar-refractivity contribution in [1.82, 2.24) is 14.7 Å². The number of likely N-dealkylation sites (tertiary alicyclic amines) is 1. The number of aryl methyl sites for hydroxylation is 1. The molecule has 0 unspecified atom stereocenters. The SMILES string of the molecule is Cc1c(C(=O)OCC(=O)N2CCCCCCC2)cnn1C. The highest BCUT2D eigenvalue weighted by Crippen LogP contribution is 2.11. The third-order valence-corrected chi connectivity index (χ3v) is 3.99. The van der Waals surface area contributed by atoms with Crippen molar-refractivity contribution in [3.63, 3.8) is 0 Å². The third-order valence-electron chi connectivity index (χ3n) is 3.99. The molecule has 0 saturated carbocycles. The van der Waals surface area contributed by atoms with Crippen LogP contribution in [0.3, 0.4) is 0 Å². The Hall–Kier alpha value is -1.85. The Bertz CT molecular complexity index is 502. The van der Waals surface area contributed by atoms with Crippen LogP contribution < -0.4 is 0 Å². The van der Waals surface area contributed by atoms with E-state index in [1.807, 2.05) is 4.90 Å². The van der Waals surface area contributed by atoms with Crippen LogP contribution >= 0.6 is 0 Å². The van der Waals surface area contributed by atoms with Crippen molar-refractivity contribution in [1.29, 1.82) is 0 Å². The molecule has 1 fully saturated rings. The Morgan fingerprint density at radius 3 is 2.38 bits per heavy atom. The van der Waals surface area contributed by atoms with Gasteiger partial charge in [0.05, 0.1) is 6.20 Å². The van der Waals surface area contributed by atoms with Crippen molar-refractivity contribution < 1.29 is 14.3 Å². The second-order valence-corrected chi connectivity index (χ2v) is 5.49. The molecule has 1 saturated heterocycles. The van der Waals surface area contributed by atoms with Gasteiger partial charge in [-0.15, -0.1) is 0 Å². The third kappa shape index (κ3) is 4.06. The van der Waals surface area contributed by atoms with Gasteiger partial charge < -0.3 is 9.64 Å². The molecule has 1 aromatic heterocycles. The first-order valence-corrected chi connectivity index (χ1v) is 7.53. The fourth-order valence-electron chi connectivity index (χ4n) is 2.49. The maximum atomic E-state index is 12.1. The average Bonchev–Trinajstić information content (AvgIpc) is 2.76. The largest absolute Gasteiger partial charge is 0.452 e. The van der Waals surface area contributed by atoms with Crippen molar-refractivity contribution in [3.8, 4) is 0 Å². The number of carbonyl (C=O) groups is 2. The average molecular weight is 293 g/mol. The van der Waals surface area contributed by atoms with Gasteiger partial charge in [-0.25, -0.2) is 4.79 Å². The molecule has 116 valence electrons. The molecule has 0 bridgehead atoms. The lowest BCUT2D eigenvalue weighted by molar-refractivity contribution is -0.134. The molecule has 1 amide bonds. The number of rotatable bonds is 3. The first-order chi connectivity index (χ1) is 10.1. The molecular weight excluding hydrogens is 270 g/mol. The van der Waals surface area contributed by atoms with E-state index in [0.29, 0.717) is 5.56 Å². The number of hydrogen-bond donors (Lipinski definition) is 0. The minimum atomic E-state index is -0.485. The lowest BCUT2D eigenvalue weighted by atomic mass is 10.1. The highest BCUT2D eigenvalue weighted by Gasteiger charge is 2.19. The maximum absolute atomic E-state index is 12.1. The number of aromatic nitrogens is 2. The second kappa shape index (κ2) is 7.24. The number of ether oxygens (including phenoxy) is 1. The Morgan fingerprint density at radius 2 is 1.81 bits per heavy atom. The van der Waals surface area contributed by atoms with E-state index in [4.69, 9.17) is 4.74 Å². The van der Waals surface area contributed by atoms with Crippen LogP contribution in [0.25, 0.3) is 0 Å². The Morgan fingerprint density at radius 1 is 1.19 bits per heavy atom. The van der Waals surface area contributed by atoms with E-state index in [1.54, 1.807) is 18.7 Å². The predicted molar refractivity (Wildman–Crippen MR) is 77.9 cm³/mol. The molecule has 2 rings (SSSR count). The molecule has 0 aromatic carbocycles. The van der Waals surface area contributed by atoms with E-state index < -0.39 is 5.97 Å². The fourth-order valence-corrected chi connectivity index (χ4v) is 2.49. The summed E-state index contributed by atoms with van der Waals surface area (Å²) in [5.41, 5.74) is 1.15. The molecule has 0 atom stereocenters. The molecule has 1 aliphatic heterocycles. The van der Waals surface area contributed by atoms with Crippen LogP contribution in [0.2, 0.25) is 0 Å². The summed E-state index contributed by atoms with van der Waals surface area (Å²) >= 11 is 0. The molecular formula is C15H23N3O3. The molecule has 0 radical (unpaired) electrons. The molecule has 1 aliphatic rings. The smallest absolute Gasteiger partial charge is 0.342 e. The first-order valence-electron chi connectivity index (χ1n) is 7.53. The molecule has 0 spiro atoms. The molecule has 2 heterocycles. The van der Waals surface area contributed by atoms with Crippen LogP contribution in [0.1, 0.15) is 48.2 Å². The molecule has 1 aromatic rings. The van der Waals surface area contributed by atoms with Gasteiger partial charge in [-0.2, -0.15) is 5.10 Å². The summed E-state index contributed by atoms with van der Waals surface area (Å²) in [7, 11) is 1.76. The lowest BCUT2D eigenvalue weighted by Gasteiger charge is -2.24. The van der Waals surface area contributed by atoms with Gasteiger partial charge in [0.2, 0.25) is 0 Å². The van der Waals surface area contributed by atoms with Gasteiger partial charge in [0.1, 0.15) is 5.56 Å². The molecule has 21 heavy (non-hydrogen) atoms. The summed E-state index contributed by atoms with van der Waals surface area (Å²) in [4.78, 5) is 25.9. The van der Waals surface area contributed by atoms with Crippen molar-refractivity contribution in [2.75, 3.05) is 19.7 Å². The van der Waals surface area contributed by atoms with Gasteiger partial charge in [0, 0.05) is 25.8 Å². The summed E-state index contributed by atoms with van der Waals surface area (Å²) in [5.74, 6) is -0.590. The summed E-state index contributed by atoms with van der Waals surface area (Å²) < 4.78 is 6.73.